The fraction of sp³-hybridized carbons (Fsp3) is 0.450. The summed E-state index contributed by atoms with van der Waals surface area (Å²) in [6.07, 6.45) is 3.11. The molecule has 1 aromatic rings. The highest BCUT2D eigenvalue weighted by Crippen LogP contribution is 2.37. The third kappa shape index (κ3) is 4.09. The number of amides is 1. The molecule has 0 aliphatic carbocycles. The molecule has 1 fully saturated rings. The molecule has 2 heterocycles. The lowest BCUT2D eigenvalue weighted by Crippen LogP contribution is -2.40. The number of hydrogen-bond donors (Lipinski definition) is 1. The number of hydrogen-bond acceptors (Lipinski definition) is 5. The molecule has 27 heavy (non-hydrogen) atoms. The van der Waals surface area contributed by atoms with Crippen LogP contribution in [-0.2, 0) is 14.3 Å². The highest BCUT2D eigenvalue weighted by Gasteiger charge is 2.43. The van der Waals surface area contributed by atoms with Crippen molar-refractivity contribution < 1.29 is 24.2 Å². The maximum Gasteiger partial charge on any atom is 0.308 e. The zero-order valence-corrected chi connectivity index (χ0v) is 16.3. The highest BCUT2D eigenvalue weighted by molar-refractivity contribution is 7.99. The normalized spacial score (nSPS) is 22.6. The first-order valence-corrected chi connectivity index (χ1v) is 10.2. The molecule has 2 aliphatic heterocycles. The number of benzene rings is 1. The van der Waals surface area contributed by atoms with E-state index in [1.54, 1.807) is 23.1 Å². The largest absolute Gasteiger partial charge is 0.481 e. The number of carboxylic acid groups (broad SMARTS) is 1. The number of Topliss-reactive ketones (excluding diaryl/α,β-unsaturated/α-hetero) is 1. The van der Waals surface area contributed by atoms with Crippen LogP contribution in [0.4, 0.5) is 0 Å². The summed E-state index contributed by atoms with van der Waals surface area (Å²) in [4.78, 5) is 39.2. The number of carbonyl (C=O) groups is 3. The number of carboxylic acids is 1. The summed E-state index contributed by atoms with van der Waals surface area (Å²) in [6.45, 7) is 2.93. The third-order valence-corrected chi connectivity index (χ3v) is 5.81. The molecule has 0 saturated carbocycles. The first-order valence-electron chi connectivity index (χ1n) is 8.94. The summed E-state index contributed by atoms with van der Waals surface area (Å²) in [5.74, 6) is -1.77. The fourth-order valence-corrected chi connectivity index (χ4v) is 4.57. The van der Waals surface area contributed by atoms with Crippen LogP contribution in [0.5, 0.6) is 0 Å². The molecule has 0 radical (unpaired) electrons. The molecule has 1 amide bonds. The Bertz CT molecular complexity index is 797. The van der Waals surface area contributed by atoms with Gasteiger partial charge in [-0.05, 0) is 32.1 Å². The van der Waals surface area contributed by atoms with Gasteiger partial charge in [0.25, 0.3) is 5.91 Å². The van der Waals surface area contributed by atoms with Gasteiger partial charge in [-0.3, -0.25) is 14.4 Å². The summed E-state index contributed by atoms with van der Waals surface area (Å²) in [7, 11) is 0. The molecule has 1 aromatic carbocycles. The molecule has 1 N–H and O–H groups in total. The van der Waals surface area contributed by atoms with Crippen LogP contribution >= 0.6 is 11.8 Å². The van der Waals surface area contributed by atoms with E-state index in [9.17, 15) is 19.5 Å². The lowest BCUT2D eigenvalue weighted by Gasteiger charge is -2.27. The topological polar surface area (TPSA) is 83.9 Å². The predicted octanol–water partition coefficient (Wildman–Crippen LogP) is 2.66. The number of aliphatic carboxylic acids is 1. The van der Waals surface area contributed by atoms with Gasteiger partial charge < -0.3 is 14.7 Å². The van der Waals surface area contributed by atoms with Crippen molar-refractivity contribution in [3.63, 3.8) is 0 Å². The van der Waals surface area contributed by atoms with Gasteiger partial charge in [-0.1, -0.05) is 23.8 Å². The second-order valence-corrected chi connectivity index (χ2v) is 7.76. The fourth-order valence-electron chi connectivity index (χ4n) is 3.64. The van der Waals surface area contributed by atoms with Crippen molar-refractivity contribution in [1.82, 2.24) is 4.90 Å². The second kappa shape index (κ2) is 8.27. The van der Waals surface area contributed by atoms with E-state index in [1.807, 2.05) is 19.2 Å². The Hall–Kier alpha value is -2.12. The molecule has 144 valence electrons. The number of rotatable bonds is 7. The lowest BCUT2D eigenvalue weighted by atomic mass is 9.97. The SMILES string of the molecule is CS[C@@H]1C(C(=O)c2cccc(C)c2)=C(CC(=O)O)C(=O)N1C[C@@H]1CCCO1. The van der Waals surface area contributed by atoms with Crippen LogP contribution in [0.15, 0.2) is 35.4 Å². The molecule has 0 spiro atoms. The second-order valence-electron chi connectivity index (χ2n) is 6.84. The average Bonchev–Trinajstić information content (AvgIpc) is 3.23. The Morgan fingerprint density at radius 3 is 2.74 bits per heavy atom. The average molecular weight is 389 g/mol. The quantitative estimate of drug-likeness (QED) is 0.722. The monoisotopic (exact) mass is 389 g/mol. The van der Waals surface area contributed by atoms with E-state index < -0.39 is 17.8 Å². The third-order valence-electron chi connectivity index (χ3n) is 4.87. The molecule has 7 heteroatoms. The maximum absolute atomic E-state index is 13.2. The zero-order chi connectivity index (χ0) is 19.6. The molecule has 2 aliphatic rings. The van der Waals surface area contributed by atoms with E-state index in [0.29, 0.717) is 24.3 Å². The summed E-state index contributed by atoms with van der Waals surface area (Å²) in [5.41, 5.74) is 1.78. The minimum atomic E-state index is -1.12. The number of nitrogens with zero attached hydrogens (tertiary/aromatic N) is 1. The Morgan fingerprint density at radius 2 is 2.15 bits per heavy atom. The molecular weight excluding hydrogens is 366 g/mol. The minimum absolute atomic E-state index is 0.0666. The molecule has 0 aromatic heterocycles. The summed E-state index contributed by atoms with van der Waals surface area (Å²) >= 11 is 1.37. The van der Waals surface area contributed by atoms with Crippen molar-refractivity contribution in [3.05, 3.63) is 46.5 Å². The van der Waals surface area contributed by atoms with E-state index in [1.165, 1.54) is 11.8 Å². The summed E-state index contributed by atoms with van der Waals surface area (Å²) in [5, 5.41) is 8.79. The zero-order valence-electron chi connectivity index (χ0n) is 15.4. The Labute approximate surface area is 162 Å². The molecular formula is C20H23NO5S. The number of carbonyl (C=O) groups excluding carboxylic acids is 2. The number of aryl methyl sites for hydroxylation is 1. The van der Waals surface area contributed by atoms with Crippen molar-refractivity contribution >= 4 is 29.4 Å². The van der Waals surface area contributed by atoms with Crippen molar-refractivity contribution in [2.75, 3.05) is 19.4 Å². The molecule has 1 saturated heterocycles. The predicted molar refractivity (Wildman–Crippen MR) is 103 cm³/mol. The van der Waals surface area contributed by atoms with Crippen LogP contribution in [0.1, 0.15) is 35.2 Å². The van der Waals surface area contributed by atoms with Crippen LogP contribution in [0.2, 0.25) is 0 Å². The van der Waals surface area contributed by atoms with E-state index >= 15 is 0 Å². The summed E-state index contributed by atoms with van der Waals surface area (Å²) in [6, 6.07) is 7.14. The molecule has 3 rings (SSSR count). The van der Waals surface area contributed by atoms with Gasteiger partial charge in [0.05, 0.1) is 12.5 Å². The van der Waals surface area contributed by atoms with Gasteiger partial charge in [0.15, 0.2) is 5.78 Å². The van der Waals surface area contributed by atoms with E-state index in [4.69, 9.17) is 4.74 Å². The van der Waals surface area contributed by atoms with Crippen LogP contribution in [0.3, 0.4) is 0 Å². The number of ketones is 1. The van der Waals surface area contributed by atoms with E-state index in [2.05, 4.69) is 0 Å². The smallest absolute Gasteiger partial charge is 0.308 e. The van der Waals surface area contributed by atoms with Gasteiger partial charge >= 0.3 is 5.97 Å². The van der Waals surface area contributed by atoms with Crippen molar-refractivity contribution in [2.24, 2.45) is 0 Å². The minimum Gasteiger partial charge on any atom is -0.481 e. The first-order chi connectivity index (χ1) is 12.9. The molecule has 2 atom stereocenters. The Morgan fingerprint density at radius 1 is 1.37 bits per heavy atom. The van der Waals surface area contributed by atoms with Crippen LogP contribution in [0.25, 0.3) is 0 Å². The van der Waals surface area contributed by atoms with E-state index in [-0.39, 0.29) is 23.4 Å². The van der Waals surface area contributed by atoms with Gasteiger partial charge in [0, 0.05) is 29.9 Å². The van der Waals surface area contributed by atoms with Crippen LogP contribution in [-0.4, -0.2) is 58.6 Å². The molecule has 6 nitrogen and oxygen atoms in total. The first kappa shape index (κ1) is 19.6. The van der Waals surface area contributed by atoms with Gasteiger partial charge in [0.1, 0.15) is 5.37 Å². The van der Waals surface area contributed by atoms with Gasteiger partial charge in [-0.25, -0.2) is 0 Å². The van der Waals surface area contributed by atoms with Crippen molar-refractivity contribution in [3.8, 4) is 0 Å². The van der Waals surface area contributed by atoms with Gasteiger partial charge in [-0.15, -0.1) is 11.8 Å². The Balaban J connectivity index is 1.98. The van der Waals surface area contributed by atoms with Crippen LogP contribution < -0.4 is 0 Å². The highest BCUT2D eigenvalue weighted by atomic mass is 32.2. The van der Waals surface area contributed by atoms with Gasteiger partial charge in [0.2, 0.25) is 0 Å². The van der Waals surface area contributed by atoms with Crippen molar-refractivity contribution in [1.29, 1.82) is 0 Å². The van der Waals surface area contributed by atoms with E-state index in [0.717, 1.165) is 18.4 Å². The Kier molecular flexibility index (Phi) is 6.01. The van der Waals surface area contributed by atoms with Crippen molar-refractivity contribution in [2.45, 2.75) is 37.7 Å². The summed E-state index contributed by atoms with van der Waals surface area (Å²) < 4.78 is 5.65. The lowest BCUT2D eigenvalue weighted by molar-refractivity contribution is -0.137. The number of thioether (sulfide) groups is 1. The standard InChI is InChI=1S/C20H23NO5S/c1-12-5-3-6-13(9-12)18(24)17-15(10-16(22)23)19(25)21(20(17)27-2)11-14-7-4-8-26-14/h3,5-6,9,14,20H,4,7-8,10-11H2,1-2H3,(H,22,23)/t14-,20+/m0/s1. The maximum atomic E-state index is 13.2. The number of ether oxygens (including phenoxy) is 1. The van der Waals surface area contributed by atoms with Gasteiger partial charge in [-0.2, -0.15) is 0 Å². The van der Waals surface area contributed by atoms with Crippen LogP contribution in [0, 0.1) is 6.92 Å². The molecule has 0 bridgehead atoms. The molecule has 0 unspecified atom stereocenters.